The molecule has 0 saturated carbocycles. The van der Waals surface area contributed by atoms with Gasteiger partial charge in [-0.05, 0) is 25.7 Å². The summed E-state index contributed by atoms with van der Waals surface area (Å²) in [5.74, 6) is 0. The first kappa shape index (κ1) is 8.97. The minimum atomic E-state index is 0.151. The van der Waals surface area contributed by atoms with Crippen LogP contribution in [0.1, 0.15) is 23.4 Å². The Bertz CT molecular complexity index is 353. The molecule has 0 aliphatic heterocycles. The van der Waals surface area contributed by atoms with E-state index in [4.69, 9.17) is 5.11 Å². The first-order chi connectivity index (χ1) is 6.33. The molecule has 2 rings (SSSR count). The van der Waals surface area contributed by atoms with E-state index in [0.29, 0.717) is 13.0 Å². The lowest BCUT2D eigenvalue weighted by Crippen LogP contribution is -2.16. The van der Waals surface area contributed by atoms with E-state index in [1.165, 1.54) is 28.3 Å². The zero-order valence-corrected chi connectivity index (χ0v) is 8.27. The Morgan fingerprint density at radius 3 is 3.08 bits per heavy atom. The number of nitrogens with zero attached hydrogens (tertiary/aromatic N) is 1. The summed E-state index contributed by atoms with van der Waals surface area (Å²) in [4.78, 5) is 12.9. The third-order valence-electron chi connectivity index (χ3n) is 2.44. The molecule has 0 unspecified atom stereocenters. The van der Waals surface area contributed by atoms with Gasteiger partial charge in [-0.3, -0.25) is 4.79 Å². The number of aryl methyl sites for hydroxylation is 1. The molecule has 13 heavy (non-hydrogen) atoms. The molecule has 0 amide bonds. The number of rotatable bonds is 3. The number of thiazole rings is 1. The van der Waals surface area contributed by atoms with Crippen LogP contribution in [0.2, 0.25) is 0 Å². The maximum absolute atomic E-state index is 11.5. The van der Waals surface area contributed by atoms with Gasteiger partial charge in [-0.25, -0.2) is 0 Å². The smallest absolute Gasteiger partial charge is 0.307 e. The highest BCUT2D eigenvalue weighted by Crippen LogP contribution is 2.24. The molecule has 3 nitrogen and oxygen atoms in total. The van der Waals surface area contributed by atoms with Crippen LogP contribution in [0.15, 0.2) is 4.79 Å². The van der Waals surface area contributed by atoms with E-state index in [2.05, 4.69) is 0 Å². The van der Waals surface area contributed by atoms with Gasteiger partial charge in [0.1, 0.15) is 0 Å². The normalized spacial score (nSPS) is 14.8. The molecule has 0 radical (unpaired) electrons. The minimum absolute atomic E-state index is 0.151. The zero-order chi connectivity index (χ0) is 9.26. The summed E-state index contributed by atoms with van der Waals surface area (Å²) in [6, 6.07) is 0. The summed E-state index contributed by atoms with van der Waals surface area (Å²) in [7, 11) is 0. The average molecular weight is 199 g/mol. The number of hydrogen-bond acceptors (Lipinski definition) is 3. The van der Waals surface area contributed by atoms with Crippen molar-refractivity contribution in [2.24, 2.45) is 0 Å². The highest BCUT2D eigenvalue weighted by atomic mass is 32.1. The van der Waals surface area contributed by atoms with Gasteiger partial charge in [0, 0.05) is 23.7 Å². The Balaban J connectivity index is 2.28. The van der Waals surface area contributed by atoms with Crippen molar-refractivity contribution < 1.29 is 5.11 Å². The number of aliphatic hydroxyl groups excluding tert-OH is 1. The molecule has 72 valence electrons. The Labute approximate surface area is 80.6 Å². The highest BCUT2D eigenvalue weighted by Gasteiger charge is 2.18. The van der Waals surface area contributed by atoms with Crippen molar-refractivity contribution in [1.29, 1.82) is 0 Å². The van der Waals surface area contributed by atoms with Crippen molar-refractivity contribution in [2.75, 3.05) is 6.61 Å². The van der Waals surface area contributed by atoms with Crippen LogP contribution < -0.4 is 4.87 Å². The van der Waals surface area contributed by atoms with E-state index >= 15 is 0 Å². The van der Waals surface area contributed by atoms with Gasteiger partial charge in [-0.15, -0.1) is 0 Å². The SMILES string of the molecule is O=c1sc2c(n1CCCO)CCC2. The number of hydrogen-bond donors (Lipinski definition) is 1. The average Bonchev–Trinajstić information content (AvgIpc) is 2.62. The van der Waals surface area contributed by atoms with Crippen molar-refractivity contribution in [2.45, 2.75) is 32.2 Å². The fourth-order valence-electron chi connectivity index (χ4n) is 1.82. The Kier molecular flexibility index (Phi) is 2.51. The van der Waals surface area contributed by atoms with Crippen molar-refractivity contribution in [1.82, 2.24) is 4.57 Å². The topological polar surface area (TPSA) is 42.2 Å². The van der Waals surface area contributed by atoms with Gasteiger partial charge in [0.05, 0.1) is 0 Å². The second kappa shape index (κ2) is 3.64. The van der Waals surface area contributed by atoms with Crippen LogP contribution in [-0.4, -0.2) is 16.3 Å². The number of aromatic nitrogens is 1. The molecule has 0 fully saturated rings. The molecule has 1 heterocycles. The molecule has 0 atom stereocenters. The van der Waals surface area contributed by atoms with Crippen LogP contribution in [0.4, 0.5) is 0 Å². The van der Waals surface area contributed by atoms with E-state index in [1.54, 1.807) is 0 Å². The van der Waals surface area contributed by atoms with Crippen molar-refractivity contribution in [3.05, 3.63) is 20.2 Å². The minimum Gasteiger partial charge on any atom is -0.396 e. The first-order valence-electron chi connectivity index (χ1n) is 4.65. The molecular weight excluding hydrogens is 186 g/mol. The summed E-state index contributed by atoms with van der Waals surface area (Å²) in [5.41, 5.74) is 1.23. The second-order valence-electron chi connectivity index (χ2n) is 3.32. The first-order valence-corrected chi connectivity index (χ1v) is 5.47. The molecule has 1 aliphatic carbocycles. The third kappa shape index (κ3) is 1.56. The Morgan fingerprint density at radius 1 is 1.46 bits per heavy atom. The maximum Gasteiger partial charge on any atom is 0.307 e. The predicted octanol–water partition coefficient (Wildman–Crippen LogP) is 0.781. The summed E-state index contributed by atoms with van der Waals surface area (Å²) in [6.07, 6.45) is 3.98. The molecule has 0 spiro atoms. The molecule has 1 aromatic rings. The van der Waals surface area contributed by atoms with E-state index in [0.717, 1.165) is 12.8 Å². The molecule has 1 N–H and O–H groups in total. The molecular formula is C9H13NO2S. The van der Waals surface area contributed by atoms with E-state index in [-0.39, 0.29) is 11.5 Å². The number of fused-ring (bicyclic) bond motifs is 1. The number of aliphatic hydroxyl groups is 1. The summed E-state index contributed by atoms with van der Waals surface area (Å²) < 4.78 is 1.84. The third-order valence-corrected chi connectivity index (χ3v) is 3.52. The zero-order valence-electron chi connectivity index (χ0n) is 7.45. The van der Waals surface area contributed by atoms with Gasteiger partial charge < -0.3 is 9.67 Å². The van der Waals surface area contributed by atoms with Gasteiger partial charge in [-0.2, -0.15) is 0 Å². The van der Waals surface area contributed by atoms with Crippen molar-refractivity contribution in [3.63, 3.8) is 0 Å². The molecule has 0 saturated heterocycles. The van der Waals surface area contributed by atoms with E-state index < -0.39 is 0 Å². The monoisotopic (exact) mass is 199 g/mol. The van der Waals surface area contributed by atoms with Gasteiger partial charge in [-0.1, -0.05) is 11.3 Å². The quantitative estimate of drug-likeness (QED) is 0.781. The fourth-order valence-corrected chi connectivity index (χ4v) is 2.92. The predicted molar refractivity (Wildman–Crippen MR) is 52.3 cm³/mol. The lowest BCUT2D eigenvalue weighted by atomic mass is 10.3. The Morgan fingerprint density at radius 2 is 2.31 bits per heavy atom. The van der Waals surface area contributed by atoms with Gasteiger partial charge in [0.25, 0.3) is 0 Å². The van der Waals surface area contributed by atoms with Gasteiger partial charge in [0.15, 0.2) is 0 Å². The van der Waals surface area contributed by atoms with E-state index in [9.17, 15) is 4.79 Å². The van der Waals surface area contributed by atoms with E-state index in [1.807, 2.05) is 4.57 Å². The molecule has 0 aromatic carbocycles. The Hall–Kier alpha value is -0.610. The molecule has 1 aliphatic rings. The lowest BCUT2D eigenvalue weighted by molar-refractivity contribution is 0.279. The summed E-state index contributed by atoms with van der Waals surface area (Å²) >= 11 is 1.38. The largest absolute Gasteiger partial charge is 0.396 e. The standard InChI is InChI=1S/C9H13NO2S/c11-6-2-5-10-7-3-1-4-8(7)13-9(10)12/h11H,1-6H2. The van der Waals surface area contributed by atoms with Crippen LogP contribution in [-0.2, 0) is 19.4 Å². The summed E-state index contributed by atoms with van der Waals surface area (Å²) in [6.45, 7) is 0.845. The van der Waals surface area contributed by atoms with Crippen LogP contribution in [0, 0.1) is 0 Å². The fraction of sp³-hybridized carbons (Fsp3) is 0.667. The molecule has 0 bridgehead atoms. The van der Waals surface area contributed by atoms with Crippen molar-refractivity contribution >= 4 is 11.3 Å². The van der Waals surface area contributed by atoms with Crippen LogP contribution in [0.3, 0.4) is 0 Å². The second-order valence-corrected chi connectivity index (χ2v) is 4.37. The molecule has 1 aromatic heterocycles. The summed E-state index contributed by atoms with van der Waals surface area (Å²) in [5, 5.41) is 8.69. The van der Waals surface area contributed by atoms with Gasteiger partial charge in [0.2, 0.25) is 0 Å². The van der Waals surface area contributed by atoms with Crippen LogP contribution >= 0.6 is 11.3 Å². The lowest BCUT2D eigenvalue weighted by Gasteiger charge is -2.02. The van der Waals surface area contributed by atoms with Crippen LogP contribution in [0.25, 0.3) is 0 Å². The van der Waals surface area contributed by atoms with Gasteiger partial charge >= 0.3 is 4.87 Å². The van der Waals surface area contributed by atoms with Crippen LogP contribution in [0.5, 0.6) is 0 Å². The molecule has 4 heteroatoms. The maximum atomic E-state index is 11.5. The van der Waals surface area contributed by atoms with Crippen molar-refractivity contribution in [3.8, 4) is 0 Å². The highest BCUT2D eigenvalue weighted by molar-refractivity contribution is 7.09.